The second-order valence-electron chi connectivity index (χ2n) is 3.46. The predicted octanol–water partition coefficient (Wildman–Crippen LogP) is 1.29. The standard InChI is InChI=1S/C10H13FO3S/c1-15(13,14)7-6-10(12)8-4-2-3-5-9(8)11/h2-5,10,12H,6-7H2,1H3. The highest BCUT2D eigenvalue weighted by Crippen LogP contribution is 2.19. The fourth-order valence-corrected chi connectivity index (χ4v) is 1.88. The monoisotopic (exact) mass is 232 g/mol. The average Bonchev–Trinajstić information content (AvgIpc) is 2.14. The quantitative estimate of drug-likeness (QED) is 0.851. The van der Waals surface area contributed by atoms with Gasteiger partial charge in [-0.3, -0.25) is 0 Å². The number of halogens is 1. The van der Waals surface area contributed by atoms with E-state index in [4.69, 9.17) is 0 Å². The third-order valence-corrected chi connectivity index (χ3v) is 3.00. The number of aliphatic hydroxyl groups is 1. The summed E-state index contributed by atoms with van der Waals surface area (Å²) in [7, 11) is -3.12. The summed E-state index contributed by atoms with van der Waals surface area (Å²) < 4.78 is 34.8. The van der Waals surface area contributed by atoms with Crippen molar-refractivity contribution in [1.82, 2.24) is 0 Å². The molecule has 15 heavy (non-hydrogen) atoms. The number of sulfone groups is 1. The first-order valence-corrected chi connectivity index (χ1v) is 6.56. The molecule has 0 saturated heterocycles. The van der Waals surface area contributed by atoms with Crippen molar-refractivity contribution in [1.29, 1.82) is 0 Å². The third-order valence-electron chi connectivity index (χ3n) is 2.03. The molecule has 5 heteroatoms. The summed E-state index contributed by atoms with van der Waals surface area (Å²) in [5, 5.41) is 9.56. The van der Waals surface area contributed by atoms with E-state index in [0.717, 1.165) is 6.26 Å². The lowest BCUT2D eigenvalue weighted by atomic mass is 10.1. The first kappa shape index (κ1) is 12.1. The van der Waals surface area contributed by atoms with Crippen molar-refractivity contribution >= 4 is 9.84 Å². The van der Waals surface area contributed by atoms with Gasteiger partial charge < -0.3 is 5.11 Å². The lowest BCUT2D eigenvalue weighted by Gasteiger charge is -2.10. The van der Waals surface area contributed by atoms with E-state index in [1.807, 2.05) is 0 Å². The van der Waals surface area contributed by atoms with Gasteiger partial charge in [-0.1, -0.05) is 18.2 Å². The summed E-state index contributed by atoms with van der Waals surface area (Å²) >= 11 is 0. The van der Waals surface area contributed by atoms with Crippen LogP contribution in [0.2, 0.25) is 0 Å². The molecule has 1 N–H and O–H groups in total. The van der Waals surface area contributed by atoms with Gasteiger partial charge in [0, 0.05) is 11.8 Å². The van der Waals surface area contributed by atoms with E-state index in [1.54, 1.807) is 6.07 Å². The zero-order valence-corrected chi connectivity index (χ0v) is 9.17. The van der Waals surface area contributed by atoms with Crippen molar-refractivity contribution in [2.45, 2.75) is 12.5 Å². The Balaban J connectivity index is 2.70. The first-order chi connectivity index (χ1) is 6.90. The summed E-state index contributed by atoms with van der Waals surface area (Å²) in [5.74, 6) is -0.666. The minimum atomic E-state index is -3.12. The van der Waals surface area contributed by atoms with Gasteiger partial charge in [0.05, 0.1) is 11.9 Å². The van der Waals surface area contributed by atoms with Gasteiger partial charge in [0.15, 0.2) is 0 Å². The number of hydrogen-bond donors (Lipinski definition) is 1. The van der Waals surface area contributed by atoms with Gasteiger partial charge in [0.25, 0.3) is 0 Å². The number of hydrogen-bond acceptors (Lipinski definition) is 3. The van der Waals surface area contributed by atoms with E-state index < -0.39 is 21.8 Å². The van der Waals surface area contributed by atoms with E-state index in [2.05, 4.69) is 0 Å². The van der Waals surface area contributed by atoms with Crippen LogP contribution in [0.15, 0.2) is 24.3 Å². The van der Waals surface area contributed by atoms with E-state index in [0.29, 0.717) is 0 Å². The largest absolute Gasteiger partial charge is 0.388 e. The summed E-state index contributed by atoms with van der Waals surface area (Å²) in [6, 6.07) is 5.80. The van der Waals surface area contributed by atoms with Crippen molar-refractivity contribution < 1.29 is 17.9 Å². The molecule has 0 aliphatic carbocycles. The second kappa shape index (κ2) is 4.72. The SMILES string of the molecule is CS(=O)(=O)CCC(O)c1ccccc1F. The maximum atomic E-state index is 13.2. The van der Waals surface area contributed by atoms with Gasteiger partial charge in [-0.05, 0) is 12.5 Å². The van der Waals surface area contributed by atoms with Crippen LogP contribution in [0.5, 0.6) is 0 Å². The van der Waals surface area contributed by atoms with Gasteiger partial charge in [-0.2, -0.15) is 0 Å². The summed E-state index contributed by atoms with van der Waals surface area (Å²) in [6.45, 7) is 0. The van der Waals surface area contributed by atoms with Crippen molar-refractivity contribution in [3.63, 3.8) is 0 Å². The Hall–Kier alpha value is -0.940. The summed E-state index contributed by atoms with van der Waals surface area (Å²) in [4.78, 5) is 0. The van der Waals surface area contributed by atoms with Crippen LogP contribution in [-0.4, -0.2) is 25.5 Å². The first-order valence-electron chi connectivity index (χ1n) is 4.50. The Morgan fingerprint density at radius 2 is 2.00 bits per heavy atom. The average molecular weight is 232 g/mol. The van der Waals surface area contributed by atoms with Crippen LogP contribution in [0.3, 0.4) is 0 Å². The Kier molecular flexibility index (Phi) is 3.82. The molecule has 0 aromatic heterocycles. The van der Waals surface area contributed by atoms with Gasteiger partial charge in [-0.15, -0.1) is 0 Å². The predicted molar refractivity (Wildman–Crippen MR) is 55.7 cm³/mol. The Morgan fingerprint density at radius 3 is 2.53 bits per heavy atom. The normalized spacial score (nSPS) is 13.8. The van der Waals surface area contributed by atoms with Crippen LogP contribution in [0.25, 0.3) is 0 Å². The van der Waals surface area contributed by atoms with Gasteiger partial charge in [-0.25, -0.2) is 12.8 Å². The highest BCUT2D eigenvalue weighted by molar-refractivity contribution is 7.90. The maximum Gasteiger partial charge on any atom is 0.147 e. The molecule has 0 amide bonds. The highest BCUT2D eigenvalue weighted by Gasteiger charge is 2.14. The van der Waals surface area contributed by atoms with Gasteiger partial charge in [0.2, 0.25) is 0 Å². The van der Waals surface area contributed by atoms with Crippen LogP contribution in [-0.2, 0) is 9.84 Å². The molecule has 1 atom stereocenters. The second-order valence-corrected chi connectivity index (χ2v) is 5.72. The molecule has 0 saturated carbocycles. The van der Waals surface area contributed by atoms with E-state index in [-0.39, 0.29) is 17.7 Å². The van der Waals surface area contributed by atoms with Crippen LogP contribution < -0.4 is 0 Å². The number of aliphatic hydroxyl groups excluding tert-OH is 1. The van der Waals surface area contributed by atoms with Crippen LogP contribution in [0.1, 0.15) is 18.1 Å². The molecule has 0 aliphatic rings. The Labute approximate surface area is 88.5 Å². The fourth-order valence-electron chi connectivity index (χ4n) is 1.23. The maximum absolute atomic E-state index is 13.2. The lowest BCUT2D eigenvalue weighted by Crippen LogP contribution is -2.09. The molecule has 0 spiro atoms. The lowest BCUT2D eigenvalue weighted by molar-refractivity contribution is 0.169. The Morgan fingerprint density at radius 1 is 1.40 bits per heavy atom. The number of benzene rings is 1. The molecule has 1 unspecified atom stereocenters. The summed E-state index contributed by atoms with van der Waals surface area (Å²) in [5.41, 5.74) is 0.140. The van der Waals surface area contributed by atoms with Crippen LogP contribution in [0.4, 0.5) is 4.39 Å². The zero-order valence-electron chi connectivity index (χ0n) is 8.35. The minimum absolute atomic E-state index is 0.0137. The molecule has 0 fully saturated rings. The van der Waals surface area contributed by atoms with Crippen LogP contribution in [0, 0.1) is 5.82 Å². The van der Waals surface area contributed by atoms with Crippen molar-refractivity contribution in [3.8, 4) is 0 Å². The molecule has 1 rings (SSSR count). The molecular formula is C10H13FO3S. The minimum Gasteiger partial charge on any atom is -0.388 e. The molecule has 3 nitrogen and oxygen atoms in total. The highest BCUT2D eigenvalue weighted by atomic mass is 32.2. The molecule has 0 aliphatic heterocycles. The van der Waals surface area contributed by atoms with Crippen LogP contribution >= 0.6 is 0 Å². The van der Waals surface area contributed by atoms with Gasteiger partial charge in [0.1, 0.15) is 15.7 Å². The van der Waals surface area contributed by atoms with E-state index >= 15 is 0 Å². The fraction of sp³-hybridized carbons (Fsp3) is 0.400. The molecule has 0 bridgehead atoms. The molecule has 1 aromatic carbocycles. The van der Waals surface area contributed by atoms with Gasteiger partial charge >= 0.3 is 0 Å². The molecular weight excluding hydrogens is 219 g/mol. The topological polar surface area (TPSA) is 54.4 Å². The van der Waals surface area contributed by atoms with Crippen molar-refractivity contribution in [2.24, 2.45) is 0 Å². The number of rotatable bonds is 4. The van der Waals surface area contributed by atoms with E-state index in [9.17, 15) is 17.9 Å². The van der Waals surface area contributed by atoms with Crippen molar-refractivity contribution in [3.05, 3.63) is 35.6 Å². The molecule has 0 heterocycles. The zero-order chi connectivity index (χ0) is 11.5. The third kappa shape index (κ3) is 3.97. The summed E-state index contributed by atoms with van der Waals surface area (Å²) in [6.07, 6.45) is 0.0295. The molecule has 0 radical (unpaired) electrons. The van der Waals surface area contributed by atoms with E-state index in [1.165, 1.54) is 18.2 Å². The molecule has 84 valence electrons. The Bertz CT molecular complexity index is 428. The van der Waals surface area contributed by atoms with Crippen molar-refractivity contribution in [2.75, 3.05) is 12.0 Å². The smallest absolute Gasteiger partial charge is 0.147 e. The molecule has 1 aromatic rings.